The fourth-order valence-electron chi connectivity index (χ4n) is 3.42. The molecule has 6 heteroatoms. The maximum Gasteiger partial charge on any atom is 0.409 e. The lowest BCUT2D eigenvalue weighted by atomic mass is 10.1. The summed E-state index contributed by atoms with van der Waals surface area (Å²) in [6, 6.07) is 11.4. The molecule has 1 aromatic carbocycles. The number of ether oxygens (including phenoxy) is 1. The van der Waals surface area contributed by atoms with Crippen LogP contribution in [0.25, 0.3) is 0 Å². The minimum atomic E-state index is -0.234. The summed E-state index contributed by atoms with van der Waals surface area (Å²) >= 11 is 0. The van der Waals surface area contributed by atoms with Crippen LogP contribution in [0, 0.1) is 0 Å². The van der Waals surface area contributed by atoms with Crippen LogP contribution >= 0.6 is 0 Å². The predicted molar refractivity (Wildman–Crippen MR) is 98.8 cm³/mol. The molecule has 2 N–H and O–H groups in total. The number of piperidine rings is 1. The first kappa shape index (κ1) is 17.6. The highest BCUT2D eigenvalue weighted by atomic mass is 16.5. The third-order valence-electron chi connectivity index (χ3n) is 4.93. The number of carbonyl (C=O) groups is 1. The van der Waals surface area contributed by atoms with Gasteiger partial charge in [0.05, 0.1) is 7.11 Å². The van der Waals surface area contributed by atoms with E-state index in [1.54, 1.807) is 4.90 Å². The average Bonchev–Trinajstić information content (AvgIpc) is 3.42. The SMILES string of the molecule is CCN=C(NC1CCN(C(=O)OC)CC1)NC1CC1c1ccccc1. The van der Waals surface area contributed by atoms with E-state index in [-0.39, 0.29) is 6.09 Å². The maximum atomic E-state index is 11.6. The van der Waals surface area contributed by atoms with Crippen molar-refractivity contribution in [3.63, 3.8) is 0 Å². The molecule has 1 heterocycles. The third kappa shape index (κ3) is 4.65. The third-order valence-corrected chi connectivity index (χ3v) is 4.93. The highest BCUT2D eigenvalue weighted by Gasteiger charge is 2.39. The van der Waals surface area contributed by atoms with Crippen molar-refractivity contribution in [2.24, 2.45) is 4.99 Å². The van der Waals surface area contributed by atoms with Crippen molar-refractivity contribution in [3.05, 3.63) is 35.9 Å². The summed E-state index contributed by atoms with van der Waals surface area (Å²) in [5.74, 6) is 1.47. The summed E-state index contributed by atoms with van der Waals surface area (Å²) in [7, 11) is 1.43. The van der Waals surface area contributed by atoms with Crippen LogP contribution in [-0.2, 0) is 4.74 Å². The lowest BCUT2D eigenvalue weighted by Gasteiger charge is -2.32. The van der Waals surface area contributed by atoms with Gasteiger partial charge in [-0.1, -0.05) is 30.3 Å². The summed E-state index contributed by atoms with van der Waals surface area (Å²) in [6.07, 6.45) is 2.73. The first-order valence-electron chi connectivity index (χ1n) is 9.16. The Bertz CT molecular complexity index is 597. The standard InChI is InChI=1S/C19H28N4O2/c1-3-20-18(21-15-9-11-23(12-10-15)19(24)25-2)22-17-13-16(17)14-7-5-4-6-8-14/h4-8,15-17H,3,9-13H2,1-2H3,(H2,20,21,22). The van der Waals surface area contributed by atoms with Crippen LogP contribution < -0.4 is 10.6 Å². The number of aliphatic imine (C=N–C) groups is 1. The van der Waals surface area contributed by atoms with Gasteiger partial charge in [0.25, 0.3) is 0 Å². The molecule has 0 spiro atoms. The van der Waals surface area contributed by atoms with Crippen LogP contribution in [0.2, 0.25) is 0 Å². The summed E-state index contributed by atoms with van der Waals surface area (Å²) in [6.45, 7) is 4.24. The molecule has 2 aliphatic rings. The van der Waals surface area contributed by atoms with Gasteiger partial charge in [0.1, 0.15) is 0 Å². The number of methoxy groups -OCH3 is 1. The van der Waals surface area contributed by atoms with Crippen molar-refractivity contribution in [1.82, 2.24) is 15.5 Å². The number of carbonyl (C=O) groups excluding carboxylic acids is 1. The van der Waals surface area contributed by atoms with E-state index in [2.05, 4.69) is 46.0 Å². The number of nitrogens with one attached hydrogen (secondary N) is 2. The summed E-state index contributed by atoms with van der Waals surface area (Å²) in [5.41, 5.74) is 1.39. The Morgan fingerprint density at radius 2 is 1.96 bits per heavy atom. The quantitative estimate of drug-likeness (QED) is 0.650. The molecule has 0 bridgehead atoms. The average molecular weight is 344 g/mol. The van der Waals surface area contributed by atoms with Crippen molar-refractivity contribution in [2.75, 3.05) is 26.7 Å². The molecule has 0 aromatic heterocycles. The Morgan fingerprint density at radius 3 is 2.60 bits per heavy atom. The van der Waals surface area contributed by atoms with Gasteiger partial charge in [0, 0.05) is 37.6 Å². The van der Waals surface area contributed by atoms with Crippen molar-refractivity contribution < 1.29 is 9.53 Å². The monoisotopic (exact) mass is 344 g/mol. The molecule has 3 rings (SSSR count). The number of guanidine groups is 1. The number of likely N-dealkylation sites (tertiary alicyclic amines) is 1. The smallest absolute Gasteiger partial charge is 0.409 e. The van der Waals surface area contributed by atoms with Gasteiger partial charge < -0.3 is 20.3 Å². The van der Waals surface area contributed by atoms with Gasteiger partial charge in [-0.15, -0.1) is 0 Å². The Hall–Kier alpha value is -2.24. The first-order chi connectivity index (χ1) is 12.2. The molecule has 2 fully saturated rings. The van der Waals surface area contributed by atoms with Gasteiger partial charge in [-0.3, -0.25) is 4.99 Å². The van der Waals surface area contributed by atoms with E-state index in [4.69, 9.17) is 4.74 Å². The van der Waals surface area contributed by atoms with Crippen LogP contribution in [0.1, 0.15) is 37.7 Å². The molecule has 1 saturated heterocycles. The Balaban J connectivity index is 1.48. The number of amides is 1. The second-order valence-electron chi connectivity index (χ2n) is 6.70. The second-order valence-corrected chi connectivity index (χ2v) is 6.70. The van der Waals surface area contributed by atoms with E-state index >= 15 is 0 Å². The van der Waals surface area contributed by atoms with E-state index in [1.165, 1.54) is 12.7 Å². The van der Waals surface area contributed by atoms with Crippen LogP contribution in [-0.4, -0.2) is 55.8 Å². The lowest BCUT2D eigenvalue weighted by Crippen LogP contribution is -2.50. The Morgan fingerprint density at radius 1 is 1.24 bits per heavy atom. The molecular weight excluding hydrogens is 316 g/mol. The normalized spacial score (nSPS) is 23.9. The molecule has 2 unspecified atom stereocenters. The Kier molecular flexibility index (Phi) is 5.79. The Labute approximate surface area is 149 Å². The lowest BCUT2D eigenvalue weighted by molar-refractivity contribution is 0.111. The minimum absolute atomic E-state index is 0.234. The molecule has 1 aliphatic heterocycles. The summed E-state index contributed by atoms with van der Waals surface area (Å²) < 4.78 is 4.79. The first-order valence-corrected chi connectivity index (χ1v) is 9.16. The van der Waals surface area contributed by atoms with Crippen molar-refractivity contribution in [3.8, 4) is 0 Å². The second kappa shape index (κ2) is 8.23. The van der Waals surface area contributed by atoms with E-state index < -0.39 is 0 Å². The zero-order valence-corrected chi connectivity index (χ0v) is 15.1. The molecule has 1 amide bonds. The molecular formula is C19H28N4O2. The molecule has 2 atom stereocenters. The van der Waals surface area contributed by atoms with Crippen molar-refractivity contribution in [2.45, 2.75) is 44.2 Å². The molecule has 0 radical (unpaired) electrons. The van der Waals surface area contributed by atoms with Crippen LogP contribution in [0.15, 0.2) is 35.3 Å². The highest BCUT2D eigenvalue weighted by molar-refractivity contribution is 5.81. The topological polar surface area (TPSA) is 66.0 Å². The van der Waals surface area contributed by atoms with E-state index in [1.807, 2.05) is 6.92 Å². The fourth-order valence-corrected chi connectivity index (χ4v) is 3.42. The van der Waals surface area contributed by atoms with Crippen molar-refractivity contribution >= 4 is 12.1 Å². The van der Waals surface area contributed by atoms with Gasteiger partial charge in [0.2, 0.25) is 0 Å². The van der Waals surface area contributed by atoms with Crippen molar-refractivity contribution in [1.29, 1.82) is 0 Å². The summed E-state index contributed by atoms with van der Waals surface area (Å²) in [4.78, 5) is 17.9. The van der Waals surface area contributed by atoms with E-state index in [9.17, 15) is 4.79 Å². The number of nitrogens with zero attached hydrogens (tertiary/aromatic N) is 2. The molecule has 6 nitrogen and oxygen atoms in total. The van der Waals surface area contributed by atoms with Crippen LogP contribution in [0.5, 0.6) is 0 Å². The zero-order chi connectivity index (χ0) is 17.6. The minimum Gasteiger partial charge on any atom is -0.453 e. The molecule has 25 heavy (non-hydrogen) atoms. The van der Waals surface area contributed by atoms with Gasteiger partial charge in [-0.25, -0.2) is 4.79 Å². The number of hydrogen-bond acceptors (Lipinski definition) is 3. The maximum absolute atomic E-state index is 11.6. The molecule has 1 aromatic rings. The fraction of sp³-hybridized carbons (Fsp3) is 0.579. The number of benzene rings is 1. The van der Waals surface area contributed by atoms with Crippen LogP contribution in [0.3, 0.4) is 0 Å². The predicted octanol–water partition coefficient (Wildman–Crippen LogP) is 2.33. The molecule has 136 valence electrons. The van der Waals surface area contributed by atoms with Gasteiger partial charge in [-0.05, 0) is 31.7 Å². The van der Waals surface area contributed by atoms with Gasteiger partial charge >= 0.3 is 6.09 Å². The zero-order valence-electron chi connectivity index (χ0n) is 15.1. The number of rotatable bonds is 4. The highest BCUT2D eigenvalue weighted by Crippen LogP contribution is 2.40. The van der Waals surface area contributed by atoms with E-state index in [0.29, 0.717) is 18.0 Å². The largest absolute Gasteiger partial charge is 0.453 e. The number of hydrogen-bond donors (Lipinski definition) is 2. The molecule has 1 aliphatic carbocycles. The van der Waals surface area contributed by atoms with Gasteiger partial charge in [0.15, 0.2) is 5.96 Å². The van der Waals surface area contributed by atoms with E-state index in [0.717, 1.165) is 44.9 Å². The van der Waals surface area contributed by atoms with Gasteiger partial charge in [-0.2, -0.15) is 0 Å². The van der Waals surface area contributed by atoms with Crippen LogP contribution in [0.4, 0.5) is 4.79 Å². The summed E-state index contributed by atoms with van der Waals surface area (Å²) in [5, 5.41) is 7.10. The molecule has 1 saturated carbocycles.